The first-order chi connectivity index (χ1) is 18.4. The number of nitrogens with two attached hydrogens (primary N) is 1. The van der Waals surface area contributed by atoms with Crippen LogP contribution in [0.2, 0.25) is 0 Å². The number of nitrogen functional groups attached to an aromatic ring is 1. The van der Waals surface area contributed by atoms with Crippen LogP contribution in [-0.2, 0) is 22.4 Å². The van der Waals surface area contributed by atoms with Gasteiger partial charge in [0.05, 0.1) is 12.8 Å². The molecule has 208 valence electrons. The number of Topliss-reactive ketones (excluding diaryl/α,β-unsaturated/α-hetero) is 1. The van der Waals surface area contributed by atoms with Gasteiger partial charge in [-0.3, -0.25) is 15.1 Å². The topological polar surface area (TPSA) is 142 Å². The summed E-state index contributed by atoms with van der Waals surface area (Å²) in [6.07, 6.45) is 8.54. The van der Waals surface area contributed by atoms with Gasteiger partial charge in [0.25, 0.3) is 12.1 Å². The highest BCUT2D eigenvalue weighted by molar-refractivity contribution is 5.89. The van der Waals surface area contributed by atoms with E-state index in [0.717, 1.165) is 68.0 Å². The van der Waals surface area contributed by atoms with Gasteiger partial charge in [-0.25, -0.2) is 4.98 Å². The van der Waals surface area contributed by atoms with Crippen molar-refractivity contribution in [3.8, 4) is 0 Å². The maximum absolute atomic E-state index is 12.5. The quantitative estimate of drug-likeness (QED) is 0.112. The van der Waals surface area contributed by atoms with Gasteiger partial charge in [0.1, 0.15) is 11.9 Å². The third kappa shape index (κ3) is 8.63. The lowest BCUT2D eigenvalue weighted by molar-refractivity contribution is -0.895. The molecule has 3 heterocycles. The number of carbonyl (C=O) groups excluding carboxylic acids is 1. The standard InChI is InChI=1S/C27H42N8O3/c1-4-38-17-16-34(14-6-5-9-22-11-10-21-8-7-13-30-26(21)32-22)15-12-23(20(2)36)33-27-25(28)24(18-29-3)31-19-35(27)37/h10-11,18-19,23,37H,4-9,12-17H2,1-3H3,(H3,28,29,30,32)/p+1/t23-/m0/s1. The molecule has 0 amide bonds. The molecule has 0 radical (unpaired) electrons. The summed E-state index contributed by atoms with van der Waals surface area (Å²) in [6.45, 7) is 8.21. The normalized spacial score (nSPS) is 13.9. The summed E-state index contributed by atoms with van der Waals surface area (Å²) in [5.41, 5.74) is 9.26. The number of anilines is 3. The van der Waals surface area contributed by atoms with Gasteiger partial charge >= 0.3 is 0 Å². The lowest BCUT2D eigenvalue weighted by Crippen LogP contribution is -2.42. The van der Waals surface area contributed by atoms with Crippen molar-refractivity contribution in [1.82, 2.24) is 14.9 Å². The van der Waals surface area contributed by atoms with Crippen molar-refractivity contribution < 1.29 is 19.5 Å². The van der Waals surface area contributed by atoms with Crippen LogP contribution in [0.1, 0.15) is 56.5 Å². The SMILES string of the molecule is CCOCCN(CCCCc1ccc2c(n1)NCCC2)CC[C@H](Nc1c(N)c(C=NC)nc[n+]1O)C(C)=O. The summed E-state index contributed by atoms with van der Waals surface area (Å²) in [5, 5.41) is 16.8. The third-order valence-electron chi connectivity index (χ3n) is 6.72. The molecule has 11 heteroatoms. The van der Waals surface area contributed by atoms with E-state index in [0.29, 0.717) is 31.9 Å². The molecule has 0 unspecified atom stereocenters. The van der Waals surface area contributed by atoms with Gasteiger partial charge in [-0.15, -0.1) is 4.98 Å². The van der Waals surface area contributed by atoms with Gasteiger partial charge in [-0.05, 0) is 64.1 Å². The number of aromatic nitrogens is 3. The summed E-state index contributed by atoms with van der Waals surface area (Å²) < 4.78 is 6.40. The Hall–Kier alpha value is -3.31. The van der Waals surface area contributed by atoms with E-state index >= 15 is 0 Å². The zero-order valence-electron chi connectivity index (χ0n) is 22.9. The van der Waals surface area contributed by atoms with E-state index in [1.165, 1.54) is 25.0 Å². The fraction of sp³-hybridized carbons (Fsp3) is 0.593. The number of ether oxygens (including phenoxy) is 1. The molecule has 0 spiro atoms. The van der Waals surface area contributed by atoms with Crippen LogP contribution in [0.4, 0.5) is 17.3 Å². The van der Waals surface area contributed by atoms with E-state index in [4.69, 9.17) is 15.5 Å². The molecule has 2 aromatic rings. The Labute approximate surface area is 225 Å². The number of fused-ring (bicyclic) bond motifs is 1. The number of pyridine rings is 1. The van der Waals surface area contributed by atoms with Crippen LogP contribution in [0.25, 0.3) is 0 Å². The molecule has 0 saturated carbocycles. The Balaban J connectivity index is 1.56. The number of nitrogens with zero attached hydrogens (tertiary/aromatic N) is 5. The highest BCUT2D eigenvalue weighted by atomic mass is 16.5. The number of carbonyl (C=O) groups is 1. The first kappa shape index (κ1) is 29.2. The van der Waals surface area contributed by atoms with Crippen molar-refractivity contribution in [1.29, 1.82) is 0 Å². The number of ketones is 1. The second kappa shape index (κ2) is 15.2. The lowest BCUT2D eigenvalue weighted by atomic mass is 10.1. The van der Waals surface area contributed by atoms with Crippen molar-refractivity contribution in [3.05, 3.63) is 35.4 Å². The number of hydrogen-bond acceptors (Lipinski definition) is 10. The predicted octanol–water partition coefficient (Wildman–Crippen LogP) is 2.11. The summed E-state index contributed by atoms with van der Waals surface area (Å²) in [4.78, 5) is 27.6. The van der Waals surface area contributed by atoms with E-state index in [2.05, 4.69) is 37.6 Å². The van der Waals surface area contributed by atoms with Crippen molar-refractivity contribution >= 4 is 29.3 Å². The summed E-state index contributed by atoms with van der Waals surface area (Å²) >= 11 is 0. The summed E-state index contributed by atoms with van der Waals surface area (Å²) in [7, 11) is 1.62. The first-order valence-electron chi connectivity index (χ1n) is 13.5. The highest BCUT2D eigenvalue weighted by Gasteiger charge is 2.25. The van der Waals surface area contributed by atoms with Crippen LogP contribution in [0.5, 0.6) is 0 Å². The van der Waals surface area contributed by atoms with Crippen molar-refractivity contribution in [2.45, 2.75) is 58.4 Å². The van der Waals surface area contributed by atoms with Crippen molar-refractivity contribution in [2.75, 3.05) is 62.8 Å². The molecule has 0 saturated heterocycles. The molecule has 1 aliphatic rings. The molecule has 0 aromatic carbocycles. The van der Waals surface area contributed by atoms with Gasteiger partial charge in [-0.2, -0.15) is 0 Å². The van der Waals surface area contributed by atoms with Crippen molar-refractivity contribution in [2.24, 2.45) is 4.99 Å². The van der Waals surface area contributed by atoms with Crippen LogP contribution >= 0.6 is 0 Å². The minimum atomic E-state index is -0.522. The Morgan fingerprint density at radius 3 is 2.97 bits per heavy atom. The second-order valence-electron chi connectivity index (χ2n) is 9.56. The highest BCUT2D eigenvalue weighted by Crippen LogP contribution is 2.20. The number of aliphatic imine (C=N–C) groups is 1. The fourth-order valence-corrected chi connectivity index (χ4v) is 4.53. The van der Waals surface area contributed by atoms with Gasteiger partial charge < -0.3 is 25.9 Å². The van der Waals surface area contributed by atoms with Crippen LogP contribution in [0, 0.1) is 0 Å². The average Bonchev–Trinajstić information content (AvgIpc) is 2.91. The number of unbranched alkanes of at least 4 members (excludes halogenated alkanes) is 1. The minimum Gasteiger partial charge on any atom is -0.390 e. The second-order valence-corrected chi connectivity index (χ2v) is 9.56. The van der Waals surface area contributed by atoms with Crippen LogP contribution in [0.3, 0.4) is 0 Å². The maximum Gasteiger partial charge on any atom is 0.287 e. The summed E-state index contributed by atoms with van der Waals surface area (Å²) in [5.74, 6) is 1.23. The molecular formula is C27H43N8O3+. The lowest BCUT2D eigenvalue weighted by Gasteiger charge is -2.24. The molecule has 0 fully saturated rings. The minimum absolute atomic E-state index is 0.0382. The smallest absolute Gasteiger partial charge is 0.287 e. The molecule has 0 aliphatic carbocycles. The molecular weight excluding hydrogens is 484 g/mol. The Morgan fingerprint density at radius 2 is 2.21 bits per heavy atom. The van der Waals surface area contributed by atoms with Gasteiger partial charge in [0, 0.05) is 45.4 Å². The van der Waals surface area contributed by atoms with Gasteiger partial charge in [0.2, 0.25) is 0 Å². The first-order valence-corrected chi connectivity index (χ1v) is 13.5. The van der Waals surface area contributed by atoms with Crippen LogP contribution in [-0.4, -0.2) is 84.6 Å². The van der Waals surface area contributed by atoms with E-state index in [9.17, 15) is 10.0 Å². The van der Waals surface area contributed by atoms with E-state index in [1.54, 1.807) is 7.05 Å². The number of hydrogen-bond donors (Lipinski definition) is 4. The molecule has 38 heavy (non-hydrogen) atoms. The Morgan fingerprint density at radius 1 is 1.37 bits per heavy atom. The molecule has 5 N–H and O–H groups in total. The molecule has 1 aliphatic heterocycles. The van der Waals surface area contributed by atoms with Gasteiger partial charge in [-0.1, -0.05) is 10.8 Å². The monoisotopic (exact) mass is 527 g/mol. The zero-order chi connectivity index (χ0) is 27.3. The number of aryl methyl sites for hydroxylation is 2. The number of nitrogens with one attached hydrogen (secondary N) is 2. The predicted molar refractivity (Wildman–Crippen MR) is 149 cm³/mol. The van der Waals surface area contributed by atoms with E-state index < -0.39 is 6.04 Å². The number of rotatable bonds is 16. The Kier molecular flexibility index (Phi) is 11.7. The molecule has 3 rings (SSSR count). The Bertz CT molecular complexity index is 1080. The fourth-order valence-electron chi connectivity index (χ4n) is 4.53. The van der Waals surface area contributed by atoms with Gasteiger partial charge in [0.15, 0.2) is 17.2 Å². The summed E-state index contributed by atoms with van der Waals surface area (Å²) in [6, 6.07) is 3.83. The largest absolute Gasteiger partial charge is 0.390 e. The third-order valence-corrected chi connectivity index (χ3v) is 6.72. The van der Waals surface area contributed by atoms with Crippen LogP contribution < -0.4 is 21.1 Å². The average molecular weight is 528 g/mol. The molecule has 0 bridgehead atoms. The van der Waals surface area contributed by atoms with Crippen LogP contribution in [0.15, 0.2) is 23.5 Å². The van der Waals surface area contributed by atoms with Crippen molar-refractivity contribution in [3.63, 3.8) is 0 Å². The maximum atomic E-state index is 12.5. The molecule has 1 atom stereocenters. The zero-order valence-corrected chi connectivity index (χ0v) is 22.9. The molecule has 11 nitrogen and oxygen atoms in total. The van der Waals surface area contributed by atoms with E-state index in [1.807, 2.05) is 6.92 Å². The molecule has 2 aromatic heterocycles. The van der Waals surface area contributed by atoms with E-state index in [-0.39, 0.29) is 17.3 Å².